The van der Waals surface area contributed by atoms with Crippen LogP contribution in [0.1, 0.15) is 5.56 Å². The highest BCUT2D eigenvalue weighted by Crippen LogP contribution is 2.22. The number of nitrogens with zero attached hydrogens (tertiary/aromatic N) is 1. The molecule has 0 fully saturated rings. The summed E-state index contributed by atoms with van der Waals surface area (Å²) in [7, 11) is 0. The van der Waals surface area contributed by atoms with Gasteiger partial charge in [-0.05, 0) is 29.8 Å². The minimum atomic E-state index is 0.540. The lowest BCUT2D eigenvalue weighted by molar-refractivity contribution is 1.53. The van der Waals surface area contributed by atoms with Crippen molar-refractivity contribution in [2.24, 2.45) is 4.99 Å². The second-order valence-electron chi connectivity index (χ2n) is 3.27. The number of benzene rings is 2. The molecule has 80 valence electrons. The molecule has 0 unspecified atom stereocenters. The summed E-state index contributed by atoms with van der Waals surface area (Å²) < 4.78 is 0. The number of para-hydroxylation sites is 1. The summed E-state index contributed by atoms with van der Waals surface area (Å²) in [5.74, 6) is 0. The van der Waals surface area contributed by atoms with Gasteiger partial charge >= 0.3 is 0 Å². The number of hydrogen-bond acceptors (Lipinski definition) is 1. The molecule has 3 heteroatoms. The summed E-state index contributed by atoms with van der Waals surface area (Å²) in [6.45, 7) is 0. The molecule has 0 aromatic heterocycles. The Hall–Kier alpha value is -1.31. The molecule has 2 aromatic rings. The van der Waals surface area contributed by atoms with E-state index in [9.17, 15) is 0 Å². The Labute approximate surface area is 104 Å². The Morgan fingerprint density at radius 2 is 1.62 bits per heavy atom. The Morgan fingerprint density at radius 1 is 0.875 bits per heavy atom. The van der Waals surface area contributed by atoms with Crippen LogP contribution in [-0.4, -0.2) is 6.21 Å². The summed E-state index contributed by atoms with van der Waals surface area (Å²) in [5.41, 5.74) is 1.84. The summed E-state index contributed by atoms with van der Waals surface area (Å²) >= 11 is 11.7. The zero-order valence-corrected chi connectivity index (χ0v) is 9.91. The molecule has 0 N–H and O–H groups in total. The number of halogens is 2. The van der Waals surface area contributed by atoms with Crippen molar-refractivity contribution >= 4 is 35.1 Å². The Morgan fingerprint density at radius 3 is 2.31 bits per heavy atom. The number of rotatable bonds is 2. The fraction of sp³-hybridized carbons (Fsp3) is 0. The molecule has 0 aliphatic carbocycles. The van der Waals surface area contributed by atoms with Crippen LogP contribution in [0.25, 0.3) is 0 Å². The van der Waals surface area contributed by atoms with Gasteiger partial charge in [-0.2, -0.15) is 0 Å². The van der Waals surface area contributed by atoms with Crippen molar-refractivity contribution in [3.8, 4) is 0 Å². The monoisotopic (exact) mass is 249 g/mol. The third kappa shape index (κ3) is 2.84. The van der Waals surface area contributed by atoms with Crippen LogP contribution >= 0.6 is 23.2 Å². The maximum absolute atomic E-state index is 5.90. The van der Waals surface area contributed by atoms with Gasteiger partial charge in [0, 0.05) is 6.21 Å². The standard InChI is InChI=1S/C13H9Cl2N/c14-12-7-6-10(8-13(12)15)9-16-11-4-2-1-3-5-11/h1-9H. The zero-order chi connectivity index (χ0) is 11.4. The van der Waals surface area contributed by atoms with Gasteiger partial charge in [-0.15, -0.1) is 0 Å². The molecule has 1 nitrogen and oxygen atoms in total. The van der Waals surface area contributed by atoms with Crippen molar-refractivity contribution < 1.29 is 0 Å². The van der Waals surface area contributed by atoms with Crippen LogP contribution < -0.4 is 0 Å². The molecule has 0 saturated heterocycles. The highest BCUT2D eigenvalue weighted by Gasteiger charge is 1.96. The molecule has 16 heavy (non-hydrogen) atoms. The van der Waals surface area contributed by atoms with E-state index >= 15 is 0 Å². The van der Waals surface area contributed by atoms with E-state index in [1.807, 2.05) is 36.4 Å². The van der Waals surface area contributed by atoms with Crippen molar-refractivity contribution in [3.05, 3.63) is 64.1 Å². The quantitative estimate of drug-likeness (QED) is 0.682. The molecule has 2 rings (SSSR count). The second-order valence-corrected chi connectivity index (χ2v) is 4.08. The molecular weight excluding hydrogens is 241 g/mol. The van der Waals surface area contributed by atoms with E-state index in [4.69, 9.17) is 23.2 Å². The topological polar surface area (TPSA) is 12.4 Å². The predicted molar refractivity (Wildman–Crippen MR) is 70.2 cm³/mol. The lowest BCUT2D eigenvalue weighted by atomic mass is 10.2. The molecule has 0 amide bonds. The molecule has 0 saturated carbocycles. The van der Waals surface area contributed by atoms with Crippen LogP contribution in [0.3, 0.4) is 0 Å². The molecule has 0 atom stereocenters. The summed E-state index contributed by atoms with van der Waals surface area (Å²) in [6.07, 6.45) is 1.76. The van der Waals surface area contributed by atoms with E-state index in [1.165, 1.54) is 0 Å². The van der Waals surface area contributed by atoms with Crippen molar-refractivity contribution in [2.75, 3.05) is 0 Å². The Balaban J connectivity index is 2.21. The van der Waals surface area contributed by atoms with Crippen LogP contribution in [0.15, 0.2) is 53.5 Å². The van der Waals surface area contributed by atoms with Crippen LogP contribution in [-0.2, 0) is 0 Å². The molecule has 0 spiro atoms. The van der Waals surface area contributed by atoms with Crippen LogP contribution in [0.5, 0.6) is 0 Å². The van der Waals surface area contributed by atoms with E-state index in [2.05, 4.69) is 4.99 Å². The summed E-state index contributed by atoms with van der Waals surface area (Å²) in [6, 6.07) is 15.1. The summed E-state index contributed by atoms with van der Waals surface area (Å²) in [4.78, 5) is 4.32. The van der Waals surface area contributed by atoms with Gasteiger partial charge in [-0.3, -0.25) is 4.99 Å². The normalized spacial score (nSPS) is 10.9. The molecular formula is C13H9Cl2N. The summed E-state index contributed by atoms with van der Waals surface area (Å²) in [5, 5.41) is 1.09. The van der Waals surface area contributed by atoms with Gasteiger partial charge < -0.3 is 0 Å². The van der Waals surface area contributed by atoms with E-state index in [0.717, 1.165) is 11.3 Å². The molecule has 2 aromatic carbocycles. The first-order chi connectivity index (χ1) is 7.75. The van der Waals surface area contributed by atoms with Crippen LogP contribution in [0.2, 0.25) is 10.0 Å². The Kier molecular flexibility index (Phi) is 3.60. The van der Waals surface area contributed by atoms with Crippen LogP contribution in [0, 0.1) is 0 Å². The zero-order valence-electron chi connectivity index (χ0n) is 8.40. The number of hydrogen-bond donors (Lipinski definition) is 0. The van der Waals surface area contributed by atoms with E-state index in [0.29, 0.717) is 10.0 Å². The minimum absolute atomic E-state index is 0.540. The number of aliphatic imine (C=N–C) groups is 1. The highest BCUT2D eigenvalue weighted by molar-refractivity contribution is 6.42. The van der Waals surface area contributed by atoms with E-state index in [1.54, 1.807) is 18.3 Å². The van der Waals surface area contributed by atoms with Gasteiger partial charge in [0.1, 0.15) is 0 Å². The van der Waals surface area contributed by atoms with Gasteiger partial charge in [0.05, 0.1) is 15.7 Å². The first-order valence-corrected chi connectivity index (χ1v) is 5.55. The first kappa shape index (κ1) is 11.2. The van der Waals surface area contributed by atoms with Gasteiger partial charge in [0.15, 0.2) is 0 Å². The third-order valence-corrected chi connectivity index (χ3v) is 2.80. The van der Waals surface area contributed by atoms with Crippen molar-refractivity contribution in [2.45, 2.75) is 0 Å². The Bertz CT molecular complexity index is 507. The fourth-order valence-electron chi connectivity index (χ4n) is 1.26. The van der Waals surface area contributed by atoms with Gasteiger partial charge in [-0.25, -0.2) is 0 Å². The second kappa shape index (κ2) is 5.15. The molecule has 0 radical (unpaired) electrons. The maximum Gasteiger partial charge on any atom is 0.0629 e. The molecule has 0 aliphatic heterocycles. The van der Waals surface area contributed by atoms with Gasteiger partial charge in [-0.1, -0.05) is 47.5 Å². The van der Waals surface area contributed by atoms with Crippen LogP contribution in [0.4, 0.5) is 5.69 Å². The van der Waals surface area contributed by atoms with Crippen molar-refractivity contribution in [3.63, 3.8) is 0 Å². The SMILES string of the molecule is Clc1ccc(C=Nc2ccccc2)cc1Cl. The largest absolute Gasteiger partial charge is 0.256 e. The van der Waals surface area contributed by atoms with E-state index in [-0.39, 0.29) is 0 Å². The average Bonchev–Trinajstić information content (AvgIpc) is 2.32. The van der Waals surface area contributed by atoms with Crippen molar-refractivity contribution in [1.29, 1.82) is 0 Å². The van der Waals surface area contributed by atoms with E-state index < -0.39 is 0 Å². The minimum Gasteiger partial charge on any atom is -0.256 e. The average molecular weight is 250 g/mol. The smallest absolute Gasteiger partial charge is 0.0629 e. The first-order valence-electron chi connectivity index (χ1n) is 4.80. The fourth-order valence-corrected chi connectivity index (χ4v) is 1.56. The maximum atomic E-state index is 5.90. The highest BCUT2D eigenvalue weighted by atomic mass is 35.5. The predicted octanol–water partition coefficient (Wildman–Crippen LogP) is 4.74. The van der Waals surface area contributed by atoms with Gasteiger partial charge in [0.25, 0.3) is 0 Å². The molecule has 0 bridgehead atoms. The third-order valence-electron chi connectivity index (χ3n) is 2.06. The van der Waals surface area contributed by atoms with Crippen molar-refractivity contribution in [1.82, 2.24) is 0 Å². The molecule has 0 heterocycles. The lowest BCUT2D eigenvalue weighted by Crippen LogP contribution is -1.80. The lowest BCUT2D eigenvalue weighted by Gasteiger charge is -1.97. The molecule has 0 aliphatic rings. The van der Waals surface area contributed by atoms with Gasteiger partial charge in [0.2, 0.25) is 0 Å².